The highest BCUT2D eigenvalue weighted by Crippen LogP contribution is 2.39. The number of sulfone groups is 1. The Labute approximate surface area is 176 Å². The molecule has 10 heteroatoms. The van der Waals surface area contributed by atoms with Crippen molar-refractivity contribution in [3.8, 4) is 22.8 Å². The van der Waals surface area contributed by atoms with Crippen LogP contribution in [0.15, 0.2) is 46.8 Å². The number of hydrogen-bond acceptors (Lipinski definition) is 8. The number of benzene rings is 1. The molecule has 0 spiro atoms. The smallest absolute Gasteiger partial charge is 0.341 e. The summed E-state index contributed by atoms with van der Waals surface area (Å²) in [5.41, 5.74) is 1.50. The van der Waals surface area contributed by atoms with Gasteiger partial charge in [-0.25, -0.2) is 18.2 Å². The van der Waals surface area contributed by atoms with E-state index in [1.54, 1.807) is 18.3 Å². The van der Waals surface area contributed by atoms with Gasteiger partial charge in [-0.1, -0.05) is 17.7 Å². The number of ether oxygens (including phenoxy) is 2. The number of thiophene rings is 1. The average Bonchev–Trinajstić information content (AvgIpc) is 3.10. The van der Waals surface area contributed by atoms with Crippen LogP contribution in [0.25, 0.3) is 11.1 Å². The minimum atomic E-state index is -3.73. The summed E-state index contributed by atoms with van der Waals surface area (Å²) in [5.74, 6) is -0.985. The maximum absolute atomic E-state index is 12.8. The van der Waals surface area contributed by atoms with E-state index >= 15 is 0 Å². The third-order valence-electron chi connectivity index (χ3n) is 4.05. The summed E-state index contributed by atoms with van der Waals surface area (Å²) in [6.07, 6.45) is 1.55. The first-order valence-corrected chi connectivity index (χ1v) is 11.0. The van der Waals surface area contributed by atoms with Gasteiger partial charge in [0.2, 0.25) is 5.88 Å². The van der Waals surface area contributed by atoms with E-state index < -0.39 is 15.8 Å². The Morgan fingerprint density at radius 1 is 1.21 bits per heavy atom. The highest BCUT2D eigenvalue weighted by atomic mass is 35.5. The SMILES string of the molecule is COC(=O)c1ccc(CS(=O)(=O)c2cc(-c3ccc(OC)nc3)c(Cl)s2)cc1O. The summed E-state index contributed by atoms with van der Waals surface area (Å²) >= 11 is 7.21. The Balaban J connectivity index is 1.88. The summed E-state index contributed by atoms with van der Waals surface area (Å²) in [6, 6.07) is 8.89. The topological polar surface area (TPSA) is 103 Å². The number of hydrogen-bond donors (Lipinski definition) is 1. The standard InChI is InChI=1S/C19H16ClNO6S2/c1-26-16-6-4-12(9-21-16)14-8-17(28-18(14)20)29(24,25)10-11-3-5-13(15(22)7-11)19(23)27-2/h3-9,22H,10H2,1-2H3. The van der Waals surface area contributed by atoms with Crippen molar-refractivity contribution < 1.29 is 27.8 Å². The van der Waals surface area contributed by atoms with Gasteiger partial charge in [-0.05, 0) is 29.8 Å². The zero-order chi connectivity index (χ0) is 21.2. The number of aromatic hydroxyl groups is 1. The van der Waals surface area contributed by atoms with Gasteiger partial charge in [-0.15, -0.1) is 11.3 Å². The maximum atomic E-state index is 12.8. The fourth-order valence-electron chi connectivity index (χ4n) is 2.60. The molecule has 0 atom stereocenters. The zero-order valence-electron chi connectivity index (χ0n) is 15.4. The molecule has 0 fully saturated rings. The number of methoxy groups -OCH3 is 2. The number of carbonyl (C=O) groups excluding carboxylic acids is 1. The molecule has 1 N–H and O–H groups in total. The molecular weight excluding hydrogens is 438 g/mol. The fourth-order valence-corrected chi connectivity index (χ4v) is 5.78. The lowest BCUT2D eigenvalue weighted by molar-refractivity contribution is 0.0597. The maximum Gasteiger partial charge on any atom is 0.341 e. The van der Waals surface area contributed by atoms with Gasteiger partial charge >= 0.3 is 5.97 Å². The zero-order valence-corrected chi connectivity index (χ0v) is 17.8. The number of aromatic nitrogens is 1. The molecular formula is C19H16ClNO6S2. The van der Waals surface area contributed by atoms with E-state index in [9.17, 15) is 18.3 Å². The molecule has 7 nitrogen and oxygen atoms in total. The summed E-state index contributed by atoms with van der Waals surface area (Å²) in [4.78, 5) is 15.6. The lowest BCUT2D eigenvalue weighted by Crippen LogP contribution is -2.05. The quantitative estimate of drug-likeness (QED) is 0.564. The molecule has 3 rings (SSSR count). The fraction of sp³-hybridized carbons (Fsp3) is 0.158. The highest BCUT2D eigenvalue weighted by Gasteiger charge is 2.22. The number of nitrogens with zero attached hydrogens (tertiary/aromatic N) is 1. The third kappa shape index (κ3) is 4.52. The summed E-state index contributed by atoms with van der Waals surface area (Å²) in [5, 5.41) is 9.97. The Bertz CT molecular complexity index is 1160. The molecule has 0 radical (unpaired) electrons. The lowest BCUT2D eigenvalue weighted by atomic mass is 10.1. The second kappa shape index (κ2) is 8.40. The summed E-state index contributed by atoms with van der Waals surface area (Å²) in [7, 11) is -1.04. The molecule has 2 aromatic heterocycles. The van der Waals surface area contributed by atoms with Crippen molar-refractivity contribution >= 4 is 38.7 Å². The first-order valence-electron chi connectivity index (χ1n) is 8.18. The molecule has 29 heavy (non-hydrogen) atoms. The molecule has 0 saturated carbocycles. The number of halogens is 1. The van der Waals surface area contributed by atoms with E-state index in [4.69, 9.17) is 16.3 Å². The Morgan fingerprint density at radius 2 is 1.97 bits per heavy atom. The van der Waals surface area contributed by atoms with Gasteiger partial charge in [0.25, 0.3) is 0 Å². The molecule has 0 unspecified atom stereocenters. The first kappa shape index (κ1) is 21.1. The summed E-state index contributed by atoms with van der Waals surface area (Å²) in [6.45, 7) is 0. The largest absolute Gasteiger partial charge is 0.507 e. The lowest BCUT2D eigenvalue weighted by Gasteiger charge is -2.06. The second-order valence-electron chi connectivity index (χ2n) is 5.94. The highest BCUT2D eigenvalue weighted by molar-refractivity contribution is 7.92. The Kier molecular flexibility index (Phi) is 6.11. The Morgan fingerprint density at radius 3 is 2.55 bits per heavy atom. The molecule has 0 aliphatic rings. The minimum Gasteiger partial charge on any atom is -0.507 e. The van der Waals surface area contributed by atoms with Crippen LogP contribution in [0.1, 0.15) is 15.9 Å². The van der Waals surface area contributed by atoms with E-state index in [1.807, 2.05) is 0 Å². The van der Waals surface area contributed by atoms with E-state index in [2.05, 4.69) is 9.72 Å². The van der Waals surface area contributed by atoms with Crippen LogP contribution >= 0.6 is 22.9 Å². The molecule has 2 heterocycles. The average molecular weight is 454 g/mol. The van der Waals surface area contributed by atoms with Crippen molar-refractivity contribution in [3.63, 3.8) is 0 Å². The number of carbonyl (C=O) groups is 1. The molecule has 0 amide bonds. The number of esters is 1. The molecule has 0 bridgehead atoms. The number of rotatable bonds is 6. The van der Waals surface area contributed by atoms with Gasteiger partial charge in [0, 0.05) is 23.4 Å². The molecule has 3 aromatic rings. The van der Waals surface area contributed by atoms with Crippen LogP contribution in [0.3, 0.4) is 0 Å². The monoisotopic (exact) mass is 453 g/mol. The summed E-state index contributed by atoms with van der Waals surface area (Å²) < 4.78 is 35.6. The molecule has 1 aromatic carbocycles. The van der Waals surface area contributed by atoms with Crippen LogP contribution in [-0.2, 0) is 20.3 Å². The van der Waals surface area contributed by atoms with E-state index in [-0.39, 0.29) is 21.3 Å². The van der Waals surface area contributed by atoms with Crippen molar-refractivity contribution in [2.24, 2.45) is 0 Å². The number of phenolic OH excluding ortho intramolecular Hbond substituents is 1. The van der Waals surface area contributed by atoms with Gasteiger partial charge in [0.15, 0.2) is 9.84 Å². The van der Waals surface area contributed by atoms with Crippen molar-refractivity contribution in [3.05, 3.63) is 58.1 Å². The minimum absolute atomic E-state index is 0.0397. The van der Waals surface area contributed by atoms with Crippen LogP contribution in [0.5, 0.6) is 11.6 Å². The molecule has 0 saturated heterocycles. The van der Waals surface area contributed by atoms with E-state index in [1.165, 1.54) is 38.5 Å². The van der Waals surface area contributed by atoms with Crippen LogP contribution in [0.4, 0.5) is 0 Å². The van der Waals surface area contributed by atoms with Crippen molar-refractivity contribution in [2.45, 2.75) is 9.96 Å². The predicted molar refractivity (Wildman–Crippen MR) is 109 cm³/mol. The van der Waals surface area contributed by atoms with Crippen LogP contribution in [-0.4, -0.2) is 38.7 Å². The van der Waals surface area contributed by atoms with E-state index in [0.29, 0.717) is 26.9 Å². The first-order chi connectivity index (χ1) is 13.7. The number of pyridine rings is 1. The van der Waals surface area contributed by atoms with Gasteiger partial charge < -0.3 is 14.6 Å². The van der Waals surface area contributed by atoms with Crippen LogP contribution < -0.4 is 4.74 Å². The van der Waals surface area contributed by atoms with Crippen molar-refractivity contribution in [1.29, 1.82) is 0 Å². The number of phenols is 1. The van der Waals surface area contributed by atoms with Gasteiger partial charge in [0.1, 0.15) is 19.9 Å². The van der Waals surface area contributed by atoms with Crippen LogP contribution in [0, 0.1) is 0 Å². The molecule has 0 aliphatic carbocycles. The van der Waals surface area contributed by atoms with Crippen molar-refractivity contribution in [2.75, 3.05) is 14.2 Å². The van der Waals surface area contributed by atoms with Crippen molar-refractivity contribution in [1.82, 2.24) is 4.98 Å². The van der Waals surface area contributed by atoms with Gasteiger partial charge in [0.05, 0.1) is 20.0 Å². The molecule has 0 aliphatic heterocycles. The normalized spacial score (nSPS) is 11.3. The Hall–Kier alpha value is -2.62. The van der Waals surface area contributed by atoms with Gasteiger partial charge in [-0.3, -0.25) is 0 Å². The van der Waals surface area contributed by atoms with Crippen LogP contribution in [0.2, 0.25) is 4.34 Å². The molecule has 152 valence electrons. The predicted octanol–water partition coefficient (Wildman–Crippen LogP) is 3.94. The van der Waals surface area contributed by atoms with E-state index in [0.717, 1.165) is 11.3 Å². The second-order valence-corrected chi connectivity index (χ2v) is 9.81. The third-order valence-corrected chi connectivity index (χ3v) is 7.66. The van der Waals surface area contributed by atoms with Gasteiger partial charge in [-0.2, -0.15) is 0 Å².